The molecule has 0 aliphatic carbocycles. The van der Waals surface area contributed by atoms with E-state index in [1.54, 1.807) is 11.8 Å². The summed E-state index contributed by atoms with van der Waals surface area (Å²) in [4.78, 5) is 18.9. The van der Waals surface area contributed by atoms with Crippen molar-refractivity contribution < 1.29 is 4.74 Å². The van der Waals surface area contributed by atoms with Crippen molar-refractivity contribution in [3.8, 4) is 5.75 Å². The second kappa shape index (κ2) is 10.8. The molecular formula is C29H30N6O2. The fourth-order valence-electron chi connectivity index (χ4n) is 4.73. The van der Waals surface area contributed by atoms with Crippen LogP contribution in [0, 0.1) is 6.92 Å². The van der Waals surface area contributed by atoms with Gasteiger partial charge >= 0.3 is 0 Å². The molecule has 1 atom stereocenters. The Balaban J connectivity index is 1.62. The van der Waals surface area contributed by atoms with Gasteiger partial charge in [0, 0.05) is 12.1 Å². The number of fused-ring (bicyclic) bond motifs is 1. The van der Waals surface area contributed by atoms with Gasteiger partial charge in [-0.1, -0.05) is 67.6 Å². The molecule has 8 nitrogen and oxygen atoms in total. The van der Waals surface area contributed by atoms with Crippen LogP contribution in [-0.4, -0.2) is 43.7 Å². The molecule has 0 aliphatic heterocycles. The zero-order valence-electron chi connectivity index (χ0n) is 21.3. The lowest BCUT2D eigenvalue weighted by Gasteiger charge is -2.30. The second-order valence-corrected chi connectivity index (χ2v) is 9.09. The smallest absolute Gasteiger partial charge is 0.253 e. The Morgan fingerprint density at radius 2 is 1.78 bits per heavy atom. The van der Waals surface area contributed by atoms with E-state index in [0.29, 0.717) is 31.0 Å². The van der Waals surface area contributed by atoms with Gasteiger partial charge in [-0.25, -0.2) is 4.68 Å². The molecule has 0 amide bonds. The zero-order chi connectivity index (χ0) is 25.8. The van der Waals surface area contributed by atoms with Crippen molar-refractivity contribution in [1.82, 2.24) is 30.1 Å². The van der Waals surface area contributed by atoms with Crippen molar-refractivity contribution in [3.63, 3.8) is 0 Å². The van der Waals surface area contributed by atoms with Crippen molar-refractivity contribution >= 4 is 10.9 Å². The SMILES string of the molecule is CCN(Cc1ccccc1)C(c1cc2cccc(C)c2[nH]c1=O)c1nnnn1Cc1ccc(OC)cc1. The molecule has 2 heterocycles. The maximum Gasteiger partial charge on any atom is 0.253 e. The highest BCUT2D eigenvalue weighted by molar-refractivity contribution is 5.82. The first-order chi connectivity index (χ1) is 18.1. The number of rotatable bonds is 9. The number of aromatic nitrogens is 5. The van der Waals surface area contributed by atoms with Crippen LogP contribution in [0.5, 0.6) is 5.75 Å². The standard InChI is InChI=1S/C29H30N6O2/c1-4-34(18-21-10-6-5-7-11-21)27(25-17-23-12-8-9-20(2)26(23)30-29(25)36)28-31-32-33-35(28)19-22-13-15-24(37-3)16-14-22/h5-17,27H,4,18-19H2,1-3H3,(H,30,36). The van der Waals surface area contributed by atoms with Crippen LogP contribution in [0.1, 0.15) is 41.0 Å². The van der Waals surface area contributed by atoms with E-state index in [1.807, 2.05) is 73.7 Å². The van der Waals surface area contributed by atoms with E-state index in [1.165, 1.54) is 0 Å². The number of hydrogen-bond donors (Lipinski definition) is 1. The molecule has 0 saturated heterocycles. The first-order valence-electron chi connectivity index (χ1n) is 12.4. The first kappa shape index (κ1) is 24.4. The molecular weight excluding hydrogens is 464 g/mol. The number of H-pyrrole nitrogens is 1. The van der Waals surface area contributed by atoms with Crippen LogP contribution in [-0.2, 0) is 13.1 Å². The minimum Gasteiger partial charge on any atom is -0.497 e. The van der Waals surface area contributed by atoms with Crippen molar-refractivity contribution in [3.05, 3.63) is 117 Å². The van der Waals surface area contributed by atoms with Crippen LogP contribution in [0.4, 0.5) is 0 Å². The van der Waals surface area contributed by atoms with Gasteiger partial charge in [0.25, 0.3) is 5.56 Å². The summed E-state index contributed by atoms with van der Waals surface area (Å²) in [6.07, 6.45) is 0. The summed E-state index contributed by atoms with van der Waals surface area (Å²) in [5, 5.41) is 13.8. The average Bonchev–Trinajstić information content (AvgIpc) is 3.37. The molecule has 2 aromatic heterocycles. The molecule has 0 aliphatic rings. The second-order valence-electron chi connectivity index (χ2n) is 9.09. The van der Waals surface area contributed by atoms with Gasteiger partial charge in [0.15, 0.2) is 5.82 Å². The molecule has 3 aromatic carbocycles. The number of hydrogen-bond acceptors (Lipinski definition) is 6. The van der Waals surface area contributed by atoms with Gasteiger partial charge in [-0.3, -0.25) is 9.69 Å². The molecule has 0 saturated carbocycles. The number of tetrazole rings is 1. The Labute approximate surface area is 215 Å². The monoisotopic (exact) mass is 494 g/mol. The predicted molar refractivity (Wildman–Crippen MR) is 144 cm³/mol. The summed E-state index contributed by atoms with van der Waals surface area (Å²) in [7, 11) is 1.65. The van der Waals surface area contributed by atoms with E-state index in [4.69, 9.17) is 4.74 Å². The van der Waals surface area contributed by atoms with Crippen LogP contribution >= 0.6 is 0 Å². The van der Waals surface area contributed by atoms with Crippen LogP contribution < -0.4 is 10.3 Å². The molecule has 0 radical (unpaired) electrons. The van der Waals surface area contributed by atoms with Crippen molar-refractivity contribution in [2.75, 3.05) is 13.7 Å². The van der Waals surface area contributed by atoms with Gasteiger partial charge in [-0.05, 0) is 64.2 Å². The van der Waals surface area contributed by atoms with Crippen LogP contribution in [0.3, 0.4) is 0 Å². The van der Waals surface area contributed by atoms with Gasteiger partial charge in [0.2, 0.25) is 0 Å². The van der Waals surface area contributed by atoms with E-state index in [9.17, 15) is 4.79 Å². The molecule has 8 heteroatoms. The summed E-state index contributed by atoms with van der Waals surface area (Å²) < 4.78 is 7.07. The fourth-order valence-corrected chi connectivity index (χ4v) is 4.73. The number of benzene rings is 3. The first-order valence-corrected chi connectivity index (χ1v) is 12.4. The van der Waals surface area contributed by atoms with Crippen LogP contribution in [0.15, 0.2) is 83.7 Å². The van der Waals surface area contributed by atoms with Gasteiger partial charge in [0.05, 0.1) is 19.2 Å². The van der Waals surface area contributed by atoms with Gasteiger partial charge in [-0.15, -0.1) is 5.10 Å². The third-order valence-corrected chi connectivity index (χ3v) is 6.71. The summed E-state index contributed by atoms with van der Waals surface area (Å²) >= 11 is 0. The third-order valence-electron chi connectivity index (χ3n) is 6.71. The summed E-state index contributed by atoms with van der Waals surface area (Å²) in [6, 6.07) is 25.6. The highest BCUT2D eigenvalue weighted by Crippen LogP contribution is 2.29. The summed E-state index contributed by atoms with van der Waals surface area (Å²) in [6.45, 7) is 5.89. The number of para-hydroxylation sites is 1. The lowest BCUT2D eigenvalue weighted by atomic mass is 10.0. The van der Waals surface area contributed by atoms with E-state index in [2.05, 4.69) is 44.5 Å². The number of aromatic amines is 1. The molecule has 188 valence electrons. The predicted octanol–water partition coefficient (Wildman–Crippen LogP) is 4.49. The lowest BCUT2D eigenvalue weighted by Crippen LogP contribution is -2.35. The molecule has 5 rings (SSSR count). The molecule has 37 heavy (non-hydrogen) atoms. The highest BCUT2D eigenvalue weighted by Gasteiger charge is 2.30. The molecule has 0 fully saturated rings. The highest BCUT2D eigenvalue weighted by atomic mass is 16.5. The van der Waals surface area contributed by atoms with Crippen molar-refractivity contribution in [1.29, 1.82) is 0 Å². The quantitative estimate of drug-likeness (QED) is 0.325. The number of pyridine rings is 1. The van der Waals surface area contributed by atoms with Gasteiger partial charge < -0.3 is 9.72 Å². The maximum atomic E-state index is 13.6. The number of aryl methyl sites for hydroxylation is 1. The molecule has 0 spiro atoms. The maximum absolute atomic E-state index is 13.6. The minimum absolute atomic E-state index is 0.141. The summed E-state index contributed by atoms with van der Waals surface area (Å²) in [5.41, 5.74) is 4.52. The molecule has 1 unspecified atom stereocenters. The average molecular weight is 495 g/mol. The Morgan fingerprint density at radius 3 is 2.51 bits per heavy atom. The third kappa shape index (κ3) is 5.15. The molecule has 5 aromatic rings. The van der Waals surface area contributed by atoms with Crippen LogP contribution in [0.25, 0.3) is 10.9 Å². The zero-order valence-corrected chi connectivity index (χ0v) is 21.3. The Morgan fingerprint density at radius 1 is 1.00 bits per heavy atom. The number of methoxy groups -OCH3 is 1. The normalized spacial score (nSPS) is 12.2. The van der Waals surface area contributed by atoms with Gasteiger partial charge in [0.1, 0.15) is 11.8 Å². The number of ether oxygens (including phenoxy) is 1. The van der Waals surface area contributed by atoms with Crippen molar-refractivity contribution in [2.24, 2.45) is 0 Å². The van der Waals surface area contributed by atoms with E-state index in [-0.39, 0.29) is 5.56 Å². The Kier molecular flexibility index (Phi) is 7.09. The number of nitrogens with one attached hydrogen (secondary N) is 1. The lowest BCUT2D eigenvalue weighted by molar-refractivity contribution is 0.214. The van der Waals surface area contributed by atoms with Gasteiger partial charge in [-0.2, -0.15) is 0 Å². The van der Waals surface area contributed by atoms with Crippen molar-refractivity contribution in [2.45, 2.75) is 33.0 Å². The van der Waals surface area contributed by atoms with E-state index < -0.39 is 6.04 Å². The molecule has 1 N–H and O–H groups in total. The molecule has 0 bridgehead atoms. The summed E-state index contributed by atoms with van der Waals surface area (Å²) in [5.74, 6) is 1.41. The minimum atomic E-state index is -0.452. The topological polar surface area (TPSA) is 88.9 Å². The van der Waals surface area contributed by atoms with E-state index >= 15 is 0 Å². The van der Waals surface area contributed by atoms with E-state index in [0.717, 1.165) is 33.3 Å². The number of nitrogens with zero attached hydrogens (tertiary/aromatic N) is 5. The largest absolute Gasteiger partial charge is 0.497 e. The Hall–Kier alpha value is -4.30. The van der Waals surface area contributed by atoms with Crippen LogP contribution in [0.2, 0.25) is 0 Å². The Bertz CT molecular complexity index is 1540. The fraction of sp³-hybridized carbons (Fsp3) is 0.241.